The lowest BCUT2D eigenvalue weighted by atomic mass is 10.2. The molecule has 0 aromatic heterocycles. The number of amides is 1. The average molecular weight is 273 g/mol. The second-order valence-electron chi connectivity index (χ2n) is 4.19. The molecule has 0 saturated carbocycles. The first-order valence-corrected chi connectivity index (χ1v) is 6.25. The lowest BCUT2D eigenvalue weighted by Crippen LogP contribution is -2.42. The quantitative estimate of drug-likeness (QED) is 0.893. The molecular formula is C13H18ClFN2O. The highest BCUT2D eigenvalue weighted by molar-refractivity contribution is 6.31. The number of nitrogens with zero attached hydrogens (tertiary/aromatic N) is 1. The third kappa shape index (κ3) is 3.96. The van der Waals surface area contributed by atoms with E-state index in [4.69, 9.17) is 11.6 Å². The molecule has 0 aliphatic rings. The molecule has 5 heteroatoms. The Labute approximate surface area is 112 Å². The van der Waals surface area contributed by atoms with Gasteiger partial charge in [-0.25, -0.2) is 4.39 Å². The van der Waals surface area contributed by atoms with Crippen LogP contribution in [-0.4, -0.2) is 30.4 Å². The van der Waals surface area contributed by atoms with Crippen LogP contribution in [0.2, 0.25) is 5.02 Å². The Morgan fingerprint density at radius 1 is 1.56 bits per heavy atom. The van der Waals surface area contributed by atoms with E-state index < -0.39 is 0 Å². The van der Waals surface area contributed by atoms with E-state index in [-0.39, 0.29) is 17.8 Å². The van der Waals surface area contributed by atoms with Gasteiger partial charge < -0.3 is 10.2 Å². The van der Waals surface area contributed by atoms with E-state index in [2.05, 4.69) is 5.32 Å². The Hall–Kier alpha value is -1.13. The summed E-state index contributed by atoms with van der Waals surface area (Å²) < 4.78 is 13.1. The fraction of sp³-hybridized carbons (Fsp3) is 0.462. The zero-order valence-electron chi connectivity index (χ0n) is 10.8. The number of rotatable bonds is 5. The molecule has 1 aromatic carbocycles. The summed E-state index contributed by atoms with van der Waals surface area (Å²) in [5, 5.41) is 3.53. The number of benzene rings is 1. The van der Waals surface area contributed by atoms with Crippen LogP contribution in [0.15, 0.2) is 18.2 Å². The standard InChI is InChI=1S/C13H18ClFN2O/c1-4-17(3)13(18)9(2)16-8-10-7-11(15)5-6-12(10)14/h5-7,9,16H,4,8H2,1-3H3. The molecule has 0 spiro atoms. The van der Waals surface area contributed by atoms with Crippen LogP contribution >= 0.6 is 11.6 Å². The second-order valence-corrected chi connectivity index (χ2v) is 4.60. The summed E-state index contributed by atoms with van der Waals surface area (Å²) in [7, 11) is 1.75. The molecule has 100 valence electrons. The molecule has 0 heterocycles. The Balaban J connectivity index is 2.59. The molecule has 1 atom stereocenters. The van der Waals surface area contributed by atoms with Gasteiger partial charge in [0.25, 0.3) is 0 Å². The lowest BCUT2D eigenvalue weighted by molar-refractivity contribution is -0.131. The number of halogens is 2. The first kappa shape index (κ1) is 14.9. The number of hydrogen-bond donors (Lipinski definition) is 1. The predicted octanol–water partition coefficient (Wildman–Crippen LogP) is 2.44. The van der Waals surface area contributed by atoms with E-state index in [0.717, 1.165) is 0 Å². The van der Waals surface area contributed by atoms with Gasteiger partial charge in [0, 0.05) is 25.2 Å². The van der Waals surface area contributed by atoms with Crippen molar-refractivity contribution in [2.45, 2.75) is 26.4 Å². The summed E-state index contributed by atoms with van der Waals surface area (Å²) in [4.78, 5) is 13.4. The second kappa shape index (κ2) is 6.71. The molecule has 1 aromatic rings. The topological polar surface area (TPSA) is 32.3 Å². The van der Waals surface area contributed by atoms with Crippen LogP contribution in [0.5, 0.6) is 0 Å². The monoisotopic (exact) mass is 272 g/mol. The van der Waals surface area contributed by atoms with E-state index >= 15 is 0 Å². The Morgan fingerprint density at radius 2 is 2.22 bits per heavy atom. The van der Waals surface area contributed by atoms with Crippen molar-refractivity contribution in [1.82, 2.24) is 10.2 Å². The summed E-state index contributed by atoms with van der Waals surface area (Å²) in [6.07, 6.45) is 0. The Bertz CT molecular complexity index is 425. The minimum absolute atomic E-state index is 0.00465. The fourth-order valence-electron chi connectivity index (χ4n) is 1.52. The van der Waals surface area contributed by atoms with Crippen LogP contribution in [0.1, 0.15) is 19.4 Å². The van der Waals surface area contributed by atoms with Gasteiger partial charge in [-0.1, -0.05) is 11.6 Å². The molecule has 0 aliphatic carbocycles. The number of nitrogens with one attached hydrogen (secondary N) is 1. The number of carbonyl (C=O) groups excluding carboxylic acids is 1. The normalized spacial score (nSPS) is 12.3. The Kier molecular flexibility index (Phi) is 5.56. The summed E-state index contributed by atoms with van der Waals surface area (Å²) in [5.74, 6) is -0.328. The molecule has 1 N–H and O–H groups in total. The lowest BCUT2D eigenvalue weighted by Gasteiger charge is -2.20. The van der Waals surface area contributed by atoms with Crippen LogP contribution in [0.3, 0.4) is 0 Å². The van der Waals surface area contributed by atoms with Crippen molar-refractivity contribution in [3.63, 3.8) is 0 Å². The minimum atomic E-state index is -0.333. The molecule has 0 saturated heterocycles. The van der Waals surface area contributed by atoms with Crippen LogP contribution < -0.4 is 5.32 Å². The van der Waals surface area contributed by atoms with Gasteiger partial charge >= 0.3 is 0 Å². The van der Waals surface area contributed by atoms with Crippen molar-refractivity contribution < 1.29 is 9.18 Å². The molecule has 1 amide bonds. The highest BCUT2D eigenvalue weighted by atomic mass is 35.5. The predicted molar refractivity (Wildman–Crippen MR) is 71.0 cm³/mol. The molecule has 3 nitrogen and oxygen atoms in total. The molecule has 0 fully saturated rings. The largest absolute Gasteiger partial charge is 0.345 e. The van der Waals surface area contributed by atoms with Crippen LogP contribution in [-0.2, 0) is 11.3 Å². The van der Waals surface area contributed by atoms with Gasteiger partial charge in [0.05, 0.1) is 6.04 Å². The van der Waals surface area contributed by atoms with Gasteiger partial charge in [-0.3, -0.25) is 4.79 Å². The van der Waals surface area contributed by atoms with Crippen molar-refractivity contribution in [3.8, 4) is 0 Å². The maximum atomic E-state index is 13.1. The first-order valence-electron chi connectivity index (χ1n) is 5.88. The van der Waals surface area contributed by atoms with E-state index in [9.17, 15) is 9.18 Å². The van der Waals surface area contributed by atoms with Crippen molar-refractivity contribution in [2.75, 3.05) is 13.6 Å². The van der Waals surface area contributed by atoms with Crippen LogP contribution in [0, 0.1) is 5.82 Å². The minimum Gasteiger partial charge on any atom is -0.345 e. The fourth-order valence-corrected chi connectivity index (χ4v) is 1.70. The molecule has 1 unspecified atom stereocenters. The molecular weight excluding hydrogens is 255 g/mol. The number of hydrogen-bond acceptors (Lipinski definition) is 2. The highest BCUT2D eigenvalue weighted by Gasteiger charge is 2.15. The SMILES string of the molecule is CCN(C)C(=O)C(C)NCc1cc(F)ccc1Cl. The van der Waals surface area contributed by atoms with Gasteiger partial charge in [-0.05, 0) is 37.6 Å². The average Bonchev–Trinajstić information content (AvgIpc) is 2.37. The van der Waals surface area contributed by atoms with Crippen LogP contribution in [0.4, 0.5) is 4.39 Å². The van der Waals surface area contributed by atoms with Crippen molar-refractivity contribution in [2.24, 2.45) is 0 Å². The summed E-state index contributed by atoms with van der Waals surface area (Å²) in [6.45, 7) is 4.71. The zero-order valence-corrected chi connectivity index (χ0v) is 11.6. The number of carbonyl (C=O) groups is 1. The zero-order chi connectivity index (χ0) is 13.7. The maximum absolute atomic E-state index is 13.1. The summed E-state index contributed by atoms with van der Waals surface area (Å²) in [6, 6.07) is 3.87. The van der Waals surface area contributed by atoms with E-state index in [1.807, 2.05) is 6.92 Å². The third-order valence-corrected chi connectivity index (χ3v) is 3.20. The van der Waals surface area contributed by atoms with Gasteiger partial charge in [-0.15, -0.1) is 0 Å². The van der Waals surface area contributed by atoms with E-state index in [1.165, 1.54) is 18.2 Å². The van der Waals surface area contributed by atoms with E-state index in [1.54, 1.807) is 18.9 Å². The molecule has 0 bridgehead atoms. The van der Waals surface area contributed by atoms with E-state index in [0.29, 0.717) is 23.7 Å². The van der Waals surface area contributed by atoms with Gasteiger partial charge in [-0.2, -0.15) is 0 Å². The Morgan fingerprint density at radius 3 is 2.83 bits per heavy atom. The van der Waals surface area contributed by atoms with Gasteiger partial charge in [0.15, 0.2) is 0 Å². The third-order valence-electron chi connectivity index (χ3n) is 2.83. The van der Waals surface area contributed by atoms with Gasteiger partial charge in [0.1, 0.15) is 5.82 Å². The molecule has 0 aliphatic heterocycles. The maximum Gasteiger partial charge on any atom is 0.239 e. The van der Waals surface area contributed by atoms with Crippen molar-refractivity contribution in [3.05, 3.63) is 34.6 Å². The van der Waals surface area contributed by atoms with Crippen molar-refractivity contribution >= 4 is 17.5 Å². The summed E-state index contributed by atoms with van der Waals surface area (Å²) in [5.41, 5.74) is 0.649. The molecule has 0 radical (unpaired) electrons. The van der Waals surface area contributed by atoms with Gasteiger partial charge in [0.2, 0.25) is 5.91 Å². The number of likely N-dealkylation sites (N-methyl/N-ethyl adjacent to an activating group) is 1. The highest BCUT2D eigenvalue weighted by Crippen LogP contribution is 2.16. The van der Waals surface area contributed by atoms with Crippen molar-refractivity contribution in [1.29, 1.82) is 0 Å². The smallest absolute Gasteiger partial charge is 0.239 e. The summed E-state index contributed by atoms with van der Waals surface area (Å²) >= 11 is 5.95. The molecule has 1 rings (SSSR count). The first-order chi connectivity index (χ1) is 8.45. The molecule has 18 heavy (non-hydrogen) atoms. The van der Waals surface area contributed by atoms with Crippen LogP contribution in [0.25, 0.3) is 0 Å².